The number of benzene rings is 3. The Morgan fingerprint density at radius 3 is 2.31 bits per heavy atom. The van der Waals surface area contributed by atoms with Gasteiger partial charge in [-0.3, -0.25) is 9.69 Å². The maximum absolute atomic E-state index is 13.2. The SMILES string of the molecule is O=C(c1ccccc1I)N(CC#Cc1ccccc1)c1ccccc1Cl. The van der Waals surface area contributed by atoms with Crippen molar-refractivity contribution >= 4 is 45.8 Å². The van der Waals surface area contributed by atoms with Gasteiger partial charge in [-0.2, -0.15) is 0 Å². The maximum Gasteiger partial charge on any atom is 0.260 e. The van der Waals surface area contributed by atoms with Crippen LogP contribution in [0.3, 0.4) is 0 Å². The normalized spacial score (nSPS) is 9.92. The topological polar surface area (TPSA) is 20.3 Å². The predicted octanol–water partition coefficient (Wildman–Crippen LogP) is 5.64. The summed E-state index contributed by atoms with van der Waals surface area (Å²) >= 11 is 8.51. The molecule has 0 bridgehead atoms. The lowest BCUT2D eigenvalue weighted by atomic mass is 10.1. The molecule has 0 heterocycles. The fourth-order valence-corrected chi connectivity index (χ4v) is 3.32. The second-order valence-electron chi connectivity index (χ2n) is 5.49. The van der Waals surface area contributed by atoms with Crippen molar-refractivity contribution in [3.63, 3.8) is 0 Å². The molecule has 1 amide bonds. The van der Waals surface area contributed by atoms with Crippen LogP contribution in [0.15, 0.2) is 78.9 Å². The van der Waals surface area contributed by atoms with Gasteiger partial charge in [-0.05, 0) is 59.0 Å². The Balaban J connectivity index is 1.95. The molecule has 128 valence electrons. The van der Waals surface area contributed by atoms with E-state index in [0.29, 0.717) is 16.3 Å². The number of carbonyl (C=O) groups excluding carboxylic acids is 1. The molecular formula is C22H15ClINO. The van der Waals surface area contributed by atoms with Crippen molar-refractivity contribution in [2.24, 2.45) is 0 Å². The summed E-state index contributed by atoms with van der Waals surface area (Å²) in [7, 11) is 0. The number of nitrogens with zero attached hydrogens (tertiary/aromatic N) is 1. The highest BCUT2D eigenvalue weighted by Crippen LogP contribution is 2.27. The molecule has 3 aromatic rings. The van der Waals surface area contributed by atoms with E-state index in [4.69, 9.17) is 11.6 Å². The first-order valence-corrected chi connectivity index (χ1v) is 9.47. The Bertz CT molecular complexity index is 976. The van der Waals surface area contributed by atoms with Crippen molar-refractivity contribution in [2.75, 3.05) is 11.4 Å². The molecule has 0 unspecified atom stereocenters. The first-order valence-electron chi connectivity index (χ1n) is 8.01. The van der Waals surface area contributed by atoms with Crippen LogP contribution in [-0.2, 0) is 0 Å². The zero-order valence-electron chi connectivity index (χ0n) is 13.8. The molecule has 26 heavy (non-hydrogen) atoms. The summed E-state index contributed by atoms with van der Waals surface area (Å²) < 4.78 is 0.892. The number of hydrogen-bond acceptors (Lipinski definition) is 1. The summed E-state index contributed by atoms with van der Waals surface area (Å²) in [5, 5.41) is 0.522. The van der Waals surface area contributed by atoms with Crippen LogP contribution >= 0.6 is 34.2 Å². The molecule has 0 fully saturated rings. The van der Waals surface area contributed by atoms with Crippen LogP contribution in [0, 0.1) is 15.4 Å². The Morgan fingerprint density at radius 1 is 0.923 bits per heavy atom. The van der Waals surface area contributed by atoms with E-state index in [2.05, 4.69) is 34.4 Å². The van der Waals surface area contributed by atoms with E-state index in [1.165, 1.54) is 0 Å². The first kappa shape index (κ1) is 18.5. The number of hydrogen-bond donors (Lipinski definition) is 0. The lowest BCUT2D eigenvalue weighted by molar-refractivity contribution is 0.0989. The molecule has 0 aromatic heterocycles. The van der Waals surface area contributed by atoms with Crippen LogP contribution in [0.2, 0.25) is 5.02 Å². The number of carbonyl (C=O) groups is 1. The Morgan fingerprint density at radius 2 is 1.58 bits per heavy atom. The zero-order chi connectivity index (χ0) is 18.4. The molecule has 0 aliphatic rings. The number of amides is 1. The van der Waals surface area contributed by atoms with Crippen LogP contribution in [0.25, 0.3) is 0 Å². The largest absolute Gasteiger partial charge is 0.295 e. The van der Waals surface area contributed by atoms with Crippen LogP contribution < -0.4 is 4.90 Å². The molecule has 2 nitrogen and oxygen atoms in total. The van der Waals surface area contributed by atoms with Gasteiger partial charge in [0.2, 0.25) is 0 Å². The fourth-order valence-electron chi connectivity index (χ4n) is 2.46. The highest BCUT2D eigenvalue weighted by molar-refractivity contribution is 14.1. The van der Waals surface area contributed by atoms with Gasteiger partial charge in [0.15, 0.2) is 0 Å². The van der Waals surface area contributed by atoms with Gasteiger partial charge in [0, 0.05) is 9.13 Å². The highest BCUT2D eigenvalue weighted by atomic mass is 127. The molecule has 0 radical (unpaired) electrons. The van der Waals surface area contributed by atoms with E-state index >= 15 is 0 Å². The summed E-state index contributed by atoms with van der Waals surface area (Å²) in [6.45, 7) is 0.252. The second-order valence-corrected chi connectivity index (χ2v) is 7.06. The molecule has 0 saturated heterocycles. The minimum absolute atomic E-state index is 0.120. The van der Waals surface area contributed by atoms with Crippen molar-refractivity contribution in [3.05, 3.63) is 98.6 Å². The molecule has 0 N–H and O–H groups in total. The van der Waals surface area contributed by atoms with Crippen molar-refractivity contribution in [2.45, 2.75) is 0 Å². The predicted molar refractivity (Wildman–Crippen MR) is 116 cm³/mol. The smallest absolute Gasteiger partial charge is 0.260 e. The Kier molecular flexibility index (Phi) is 6.32. The average Bonchev–Trinajstić information content (AvgIpc) is 2.67. The number of halogens is 2. The standard InChI is InChI=1S/C22H15ClINO/c23-19-13-5-7-15-21(19)25(16-8-11-17-9-2-1-3-10-17)22(26)18-12-4-6-14-20(18)24/h1-7,9-10,12-15H,16H2. The third kappa shape index (κ3) is 4.46. The van der Waals surface area contributed by atoms with Crippen LogP contribution in [0.1, 0.15) is 15.9 Å². The van der Waals surface area contributed by atoms with Crippen molar-refractivity contribution in [1.82, 2.24) is 0 Å². The Hall–Kier alpha value is -2.29. The minimum atomic E-state index is -0.120. The molecule has 0 saturated carbocycles. The number of rotatable bonds is 3. The number of anilines is 1. The maximum atomic E-state index is 13.2. The van der Waals surface area contributed by atoms with Gasteiger partial charge < -0.3 is 0 Å². The third-order valence-electron chi connectivity index (χ3n) is 3.74. The van der Waals surface area contributed by atoms with Gasteiger partial charge in [-0.15, -0.1) is 0 Å². The first-order chi connectivity index (χ1) is 12.7. The molecule has 4 heteroatoms. The average molecular weight is 472 g/mol. The summed E-state index contributed by atoms with van der Waals surface area (Å²) in [6.07, 6.45) is 0. The van der Waals surface area contributed by atoms with Gasteiger partial charge in [-0.1, -0.05) is 65.9 Å². The van der Waals surface area contributed by atoms with E-state index < -0.39 is 0 Å². The summed E-state index contributed by atoms with van der Waals surface area (Å²) in [6, 6.07) is 24.5. The van der Waals surface area contributed by atoms with Gasteiger partial charge in [-0.25, -0.2) is 0 Å². The zero-order valence-corrected chi connectivity index (χ0v) is 16.7. The molecule has 0 atom stereocenters. The minimum Gasteiger partial charge on any atom is -0.295 e. The van der Waals surface area contributed by atoms with Gasteiger partial charge in [0.1, 0.15) is 0 Å². The van der Waals surface area contributed by atoms with E-state index in [0.717, 1.165) is 9.13 Å². The highest BCUT2D eigenvalue weighted by Gasteiger charge is 2.20. The monoisotopic (exact) mass is 471 g/mol. The quantitative estimate of drug-likeness (QED) is 0.357. The van der Waals surface area contributed by atoms with E-state index in [1.54, 1.807) is 11.0 Å². The van der Waals surface area contributed by atoms with Crippen molar-refractivity contribution < 1.29 is 4.79 Å². The molecule has 3 rings (SSSR count). The van der Waals surface area contributed by atoms with Crippen LogP contribution in [-0.4, -0.2) is 12.5 Å². The van der Waals surface area contributed by atoms with Gasteiger partial charge in [0.05, 0.1) is 22.8 Å². The number of para-hydroxylation sites is 1. The molecule has 0 aliphatic carbocycles. The summed E-state index contributed by atoms with van der Waals surface area (Å²) in [5.41, 5.74) is 2.20. The van der Waals surface area contributed by atoms with Gasteiger partial charge in [0.25, 0.3) is 5.91 Å². The van der Waals surface area contributed by atoms with Crippen LogP contribution in [0.5, 0.6) is 0 Å². The fraction of sp³-hybridized carbons (Fsp3) is 0.0455. The molecule has 3 aromatic carbocycles. The lowest BCUT2D eigenvalue weighted by Crippen LogP contribution is -2.32. The molecule has 0 spiro atoms. The second kappa shape index (κ2) is 8.88. The molecular weight excluding hydrogens is 457 g/mol. The summed E-state index contributed by atoms with van der Waals surface area (Å²) in [4.78, 5) is 14.8. The third-order valence-corrected chi connectivity index (χ3v) is 5.00. The summed E-state index contributed by atoms with van der Waals surface area (Å²) in [5.74, 6) is 6.07. The van der Waals surface area contributed by atoms with Crippen molar-refractivity contribution in [3.8, 4) is 11.8 Å². The van der Waals surface area contributed by atoms with Crippen LogP contribution in [0.4, 0.5) is 5.69 Å². The lowest BCUT2D eigenvalue weighted by Gasteiger charge is -2.22. The molecule has 0 aliphatic heterocycles. The van der Waals surface area contributed by atoms with Crippen molar-refractivity contribution in [1.29, 1.82) is 0 Å². The van der Waals surface area contributed by atoms with E-state index in [1.807, 2.05) is 72.8 Å². The van der Waals surface area contributed by atoms with E-state index in [-0.39, 0.29) is 12.5 Å². The van der Waals surface area contributed by atoms with Gasteiger partial charge >= 0.3 is 0 Å². The van der Waals surface area contributed by atoms with E-state index in [9.17, 15) is 4.79 Å². The Labute approximate surface area is 171 Å².